The summed E-state index contributed by atoms with van der Waals surface area (Å²) in [6.45, 7) is 17.3. The highest BCUT2D eigenvalue weighted by atomic mass is 28.4. The van der Waals surface area contributed by atoms with Gasteiger partial charge in [-0.25, -0.2) is 0 Å². The molecule has 0 aliphatic heterocycles. The molecule has 104 valence electrons. The highest BCUT2D eigenvalue weighted by molar-refractivity contribution is 6.76. The van der Waals surface area contributed by atoms with Crippen molar-refractivity contribution in [1.29, 1.82) is 0 Å². The largest absolute Gasteiger partial charge is 0.519 e. The number of hydrogen-bond donors (Lipinski definition) is 0. The van der Waals surface area contributed by atoms with Crippen molar-refractivity contribution in [2.45, 2.75) is 46.2 Å². The van der Waals surface area contributed by atoms with Crippen molar-refractivity contribution in [1.82, 2.24) is 4.57 Å². The maximum Gasteiger partial charge on any atom is 0.311 e. The van der Waals surface area contributed by atoms with E-state index in [1.807, 2.05) is 39.3 Å². The second-order valence-corrected chi connectivity index (χ2v) is 15.7. The van der Waals surface area contributed by atoms with Gasteiger partial charge in [0, 0.05) is 5.57 Å². The highest BCUT2D eigenvalue weighted by Crippen LogP contribution is 2.14. The molecule has 6 heteroatoms. The van der Waals surface area contributed by atoms with Crippen molar-refractivity contribution in [2.75, 3.05) is 6.54 Å². The molecule has 0 rings (SSSR count). The zero-order chi connectivity index (χ0) is 14.7. The summed E-state index contributed by atoms with van der Waals surface area (Å²) in [5.74, 6) is -0.465. The molecule has 0 saturated heterocycles. The van der Waals surface area contributed by atoms with E-state index in [9.17, 15) is 9.59 Å². The van der Waals surface area contributed by atoms with E-state index in [-0.39, 0.29) is 18.4 Å². The van der Waals surface area contributed by atoms with Crippen molar-refractivity contribution in [3.63, 3.8) is 0 Å². The van der Waals surface area contributed by atoms with E-state index in [0.29, 0.717) is 5.57 Å². The number of nitrogens with zero attached hydrogens (tertiary/aromatic N) is 1. The molecule has 0 aromatic heterocycles. The second-order valence-electron chi connectivity index (χ2n) is 6.43. The fraction of sp³-hybridized carbons (Fsp3) is 0.667. The summed E-state index contributed by atoms with van der Waals surface area (Å²) >= 11 is 0. The van der Waals surface area contributed by atoms with Gasteiger partial charge in [0.1, 0.15) is 6.54 Å². The van der Waals surface area contributed by atoms with E-state index in [4.69, 9.17) is 4.43 Å². The van der Waals surface area contributed by atoms with E-state index < -0.39 is 16.6 Å². The normalized spacial score (nSPS) is 11.9. The quantitative estimate of drug-likeness (QED) is 0.577. The van der Waals surface area contributed by atoms with Crippen LogP contribution in [-0.2, 0) is 14.0 Å². The van der Waals surface area contributed by atoms with E-state index in [1.165, 1.54) is 0 Å². The number of carbonyl (C=O) groups is 2. The monoisotopic (exact) mass is 287 g/mol. The SMILES string of the molecule is C=C(C)C(=O)N(CC(=O)O[Si](C)(C)C)[Si](C)(C)C. The Labute approximate surface area is 112 Å². The van der Waals surface area contributed by atoms with E-state index in [1.54, 1.807) is 11.5 Å². The molecule has 0 N–H and O–H groups in total. The van der Waals surface area contributed by atoms with E-state index in [0.717, 1.165) is 0 Å². The molecule has 0 heterocycles. The third-order valence-electron chi connectivity index (χ3n) is 2.13. The van der Waals surface area contributed by atoms with Crippen LogP contribution in [0.2, 0.25) is 39.3 Å². The Balaban J connectivity index is 4.89. The Kier molecular flexibility index (Phi) is 5.55. The summed E-state index contributed by atoms with van der Waals surface area (Å²) in [7, 11) is -3.82. The fourth-order valence-electron chi connectivity index (χ4n) is 1.35. The number of carbonyl (C=O) groups excluding carboxylic acids is 2. The lowest BCUT2D eigenvalue weighted by molar-refractivity contribution is -0.139. The fourth-order valence-corrected chi connectivity index (χ4v) is 3.50. The topological polar surface area (TPSA) is 46.6 Å². The molecule has 0 radical (unpaired) electrons. The summed E-state index contributed by atoms with van der Waals surface area (Å²) in [6.07, 6.45) is 0. The first-order valence-electron chi connectivity index (χ1n) is 6.04. The minimum Gasteiger partial charge on any atom is -0.519 e. The van der Waals surface area contributed by atoms with Crippen LogP contribution in [0.15, 0.2) is 12.2 Å². The summed E-state index contributed by atoms with van der Waals surface area (Å²) in [6, 6.07) is 0. The van der Waals surface area contributed by atoms with Crippen molar-refractivity contribution < 1.29 is 14.0 Å². The first-order chi connectivity index (χ1) is 7.84. The van der Waals surface area contributed by atoms with Gasteiger partial charge in [-0.1, -0.05) is 26.2 Å². The third kappa shape index (κ3) is 6.16. The van der Waals surface area contributed by atoms with Gasteiger partial charge >= 0.3 is 5.97 Å². The second kappa shape index (κ2) is 5.84. The molecule has 1 amide bonds. The zero-order valence-electron chi connectivity index (χ0n) is 12.6. The summed E-state index contributed by atoms with van der Waals surface area (Å²) in [4.78, 5) is 23.9. The van der Waals surface area contributed by atoms with Gasteiger partial charge in [0.25, 0.3) is 0 Å². The Bertz CT molecular complexity index is 353. The lowest BCUT2D eigenvalue weighted by Crippen LogP contribution is -2.53. The maximum atomic E-state index is 12.1. The minimum atomic E-state index is -1.91. The lowest BCUT2D eigenvalue weighted by Gasteiger charge is -2.34. The number of rotatable bonds is 5. The Morgan fingerprint density at radius 1 is 1.11 bits per heavy atom. The van der Waals surface area contributed by atoms with E-state index in [2.05, 4.69) is 6.58 Å². The molecule has 0 spiro atoms. The molecule has 18 heavy (non-hydrogen) atoms. The number of hydrogen-bond acceptors (Lipinski definition) is 3. The molecule has 0 saturated carbocycles. The molecule has 0 bridgehead atoms. The first-order valence-corrected chi connectivity index (χ1v) is 12.9. The van der Waals surface area contributed by atoms with Gasteiger partial charge in [0.2, 0.25) is 14.2 Å². The molecular formula is C12H25NO3Si2. The first kappa shape index (κ1) is 17.1. The predicted octanol–water partition coefficient (Wildman–Crippen LogP) is 2.60. The number of amides is 1. The van der Waals surface area contributed by atoms with Gasteiger partial charge in [-0.15, -0.1) is 0 Å². The van der Waals surface area contributed by atoms with Gasteiger partial charge in [0.15, 0.2) is 8.24 Å². The third-order valence-corrected chi connectivity index (χ3v) is 4.95. The Morgan fingerprint density at radius 2 is 1.56 bits per heavy atom. The van der Waals surface area contributed by atoms with Crippen LogP contribution < -0.4 is 0 Å². The smallest absolute Gasteiger partial charge is 0.311 e. The van der Waals surface area contributed by atoms with Gasteiger partial charge in [-0.05, 0) is 26.6 Å². The van der Waals surface area contributed by atoms with Gasteiger partial charge < -0.3 is 8.99 Å². The molecule has 0 aliphatic rings. The molecule has 0 atom stereocenters. The summed E-state index contributed by atoms with van der Waals surface area (Å²) in [5.41, 5.74) is 0.457. The summed E-state index contributed by atoms with van der Waals surface area (Å²) in [5, 5.41) is 0. The van der Waals surface area contributed by atoms with Crippen LogP contribution in [0.25, 0.3) is 0 Å². The predicted molar refractivity (Wildman–Crippen MR) is 79.3 cm³/mol. The van der Waals surface area contributed by atoms with Gasteiger partial charge in [-0.3, -0.25) is 9.59 Å². The van der Waals surface area contributed by atoms with Crippen LogP contribution in [0.1, 0.15) is 6.92 Å². The standard InChI is InChI=1S/C12H25NO3Si2/c1-10(2)12(15)13(17(3,4)5)9-11(14)16-18(6,7)8/h1,9H2,2-8H3. The highest BCUT2D eigenvalue weighted by Gasteiger charge is 2.32. The van der Waals surface area contributed by atoms with Crippen LogP contribution in [0.5, 0.6) is 0 Å². The van der Waals surface area contributed by atoms with Crippen LogP contribution in [0, 0.1) is 0 Å². The zero-order valence-corrected chi connectivity index (χ0v) is 14.6. The van der Waals surface area contributed by atoms with Gasteiger partial charge in [0.05, 0.1) is 0 Å². The molecule has 0 aromatic rings. The molecule has 0 unspecified atom stereocenters. The molecule has 0 fully saturated rings. The van der Waals surface area contributed by atoms with Gasteiger partial charge in [-0.2, -0.15) is 0 Å². The van der Waals surface area contributed by atoms with Crippen molar-refractivity contribution >= 4 is 28.4 Å². The molecular weight excluding hydrogens is 262 g/mol. The van der Waals surface area contributed by atoms with Crippen LogP contribution in [-0.4, -0.2) is 39.5 Å². The van der Waals surface area contributed by atoms with Crippen LogP contribution >= 0.6 is 0 Å². The average Bonchev–Trinajstić information content (AvgIpc) is 2.08. The van der Waals surface area contributed by atoms with Crippen LogP contribution in [0.4, 0.5) is 0 Å². The lowest BCUT2D eigenvalue weighted by atomic mass is 10.3. The molecule has 0 aromatic carbocycles. The van der Waals surface area contributed by atoms with Crippen molar-refractivity contribution in [2.24, 2.45) is 0 Å². The van der Waals surface area contributed by atoms with Crippen molar-refractivity contribution in [3.8, 4) is 0 Å². The minimum absolute atomic E-state index is 0.0334. The molecule has 0 aliphatic carbocycles. The van der Waals surface area contributed by atoms with E-state index >= 15 is 0 Å². The molecule has 4 nitrogen and oxygen atoms in total. The Morgan fingerprint density at radius 3 is 1.83 bits per heavy atom. The van der Waals surface area contributed by atoms with Crippen molar-refractivity contribution in [3.05, 3.63) is 12.2 Å². The average molecular weight is 288 g/mol. The summed E-state index contributed by atoms with van der Waals surface area (Å²) < 4.78 is 7.03. The Hall–Kier alpha value is -0.886. The van der Waals surface area contributed by atoms with Crippen LogP contribution in [0.3, 0.4) is 0 Å². The maximum absolute atomic E-state index is 12.1.